The molecule has 4 nitrogen and oxygen atoms in total. The van der Waals surface area contributed by atoms with Gasteiger partial charge in [0.1, 0.15) is 0 Å². The maximum Gasteiger partial charge on any atom is 0.259 e. The summed E-state index contributed by atoms with van der Waals surface area (Å²) in [6.07, 6.45) is 3.87. The zero-order chi connectivity index (χ0) is 14.4. The third kappa shape index (κ3) is 4.05. The Bertz CT molecular complexity index is 671. The Morgan fingerprint density at radius 1 is 1.00 bits per heavy atom. The number of nitrogens with zero attached hydrogens (tertiary/aromatic N) is 1. The van der Waals surface area contributed by atoms with Gasteiger partial charge in [-0.15, -0.1) is 0 Å². The van der Waals surface area contributed by atoms with Gasteiger partial charge in [0.2, 0.25) is 0 Å². The van der Waals surface area contributed by atoms with Gasteiger partial charge in [-0.2, -0.15) is 5.26 Å². The summed E-state index contributed by atoms with van der Waals surface area (Å²) in [5.41, 5.74) is 3.20. The molecule has 5 heteroatoms. The summed E-state index contributed by atoms with van der Waals surface area (Å²) >= 11 is -2.05. The van der Waals surface area contributed by atoms with Crippen LogP contribution in [0.25, 0.3) is 12.2 Å². The lowest BCUT2D eigenvalue weighted by molar-refractivity contribution is 0.570. The molecule has 1 unspecified atom stereocenters. The molecule has 0 heterocycles. The van der Waals surface area contributed by atoms with Crippen molar-refractivity contribution < 1.29 is 8.76 Å². The van der Waals surface area contributed by atoms with Crippen LogP contribution in [0.1, 0.15) is 16.7 Å². The van der Waals surface area contributed by atoms with Crippen LogP contribution in [0.15, 0.2) is 48.5 Å². The fourth-order valence-corrected chi connectivity index (χ4v) is 1.96. The smallest absolute Gasteiger partial charge is 0.259 e. The van der Waals surface area contributed by atoms with Gasteiger partial charge in [0.15, 0.2) is 0 Å². The van der Waals surface area contributed by atoms with Crippen molar-refractivity contribution >= 4 is 29.1 Å². The van der Waals surface area contributed by atoms with Crippen LogP contribution < -0.4 is 4.72 Å². The van der Waals surface area contributed by atoms with Gasteiger partial charge in [0.25, 0.3) is 11.3 Å². The average Bonchev–Trinajstić information content (AvgIpc) is 2.46. The third-order valence-corrected chi connectivity index (χ3v) is 3.03. The molecular formula is C15H12N2O2S. The molecule has 0 saturated heterocycles. The first-order valence-corrected chi connectivity index (χ1v) is 6.94. The van der Waals surface area contributed by atoms with E-state index in [0.717, 1.165) is 11.1 Å². The predicted molar refractivity (Wildman–Crippen MR) is 80.9 cm³/mol. The summed E-state index contributed by atoms with van der Waals surface area (Å²) in [5.74, 6) is 0. The minimum Gasteiger partial charge on any atom is -0.289 e. The van der Waals surface area contributed by atoms with Crippen LogP contribution in [-0.2, 0) is 11.3 Å². The Kier molecular flexibility index (Phi) is 4.66. The van der Waals surface area contributed by atoms with E-state index < -0.39 is 11.3 Å². The van der Waals surface area contributed by atoms with Crippen molar-refractivity contribution in [2.45, 2.75) is 0 Å². The molecule has 0 saturated carbocycles. The molecule has 2 N–H and O–H groups in total. The van der Waals surface area contributed by atoms with E-state index in [1.165, 1.54) is 0 Å². The standard InChI is InChI=1S/C15H12N2O2S/c16-11-14-5-3-12(4-6-14)1-2-13-7-9-15(10-8-13)17-20(18)19/h1-10,17H,(H,18,19). The molecule has 0 radical (unpaired) electrons. The maximum atomic E-state index is 10.6. The summed E-state index contributed by atoms with van der Waals surface area (Å²) in [7, 11) is 0. The zero-order valence-corrected chi connectivity index (χ0v) is 11.3. The molecule has 0 amide bonds. The zero-order valence-electron chi connectivity index (χ0n) is 10.5. The van der Waals surface area contributed by atoms with Crippen molar-refractivity contribution in [3.05, 3.63) is 65.2 Å². The summed E-state index contributed by atoms with van der Waals surface area (Å²) in [5, 5.41) is 8.71. The molecule has 0 aliphatic carbocycles. The Balaban J connectivity index is 2.07. The first-order valence-electron chi connectivity index (χ1n) is 5.83. The lowest BCUT2D eigenvalue weighted by atomic mass is 10.1. The fourth-order valence-electron chi connectivity index (χ4n) is 1.62. The Hall–Kier alpha value is -2.42. The quantitative estimate of drug-likeness (QED) is 0.668. The van der Waals surface area contributed by atoms with Crippen molar-refractivity contribution in [1.29, 1.82) is 5.26 Å². The molecule has 2 aromatic carbocycles. The maximum absolute atomic E-state index is 10.6. The Labute approximate surface area is 119 Å². The highest BCUT2D eigenvalue weighted by Crippen LogP contribution is 2.13. The van der Waals surface area contributed by atoms with E-state index in [9.17, 15) is 4.21 Å². The largest absolute Gasteiger partial charge is 0.289 e. The molecule has 0 aromatic heterocycles. The molecule has 0 fully saturated rings. The van der Waals surface area contributed by atoms with E-state index in [-0.39, 0.29) is 0 Å². The van der Waals surface area contributed by atoms with Gasteiger partial charge < -0.3 is 0 Å². The second-order valence-electron chi connectivity index (χ2n) is 4.04. The van der Waals surface area contributed by atoms with Gasteiger partial charge in [0.05, 0.1) is 11.6 Å². The van der Waals surface area contributed by atoms with Crippen LogP contribution in [0.3, 0.4) is 0 Å². The van der Waals surface area contributed by atoms with Crippen LogP contribution >= 0.6 is 0 Å². The van der Waals surface area contributed by atoms with E-state index in [1.807, 2.05) is 36.4 Å². The minimum absolute atomic E-state index is 0.585. The van der Waals surface area contributed by atoms with Gasteiger partial charge in [-0.05, 0) is 35.4 Å². The van der Waals surface area contributed by atoms with E-state index in [4.69, 9.17) is 9.81 Å². The third-order valence-electron chi connectivity index (χ3n) is 2.62. The average molecular weight is 284 g/mol. The molecular weight excluding hydrogens is 272 g/mol. The molecule has 0 bridgehead atoms. The van der Waals surface area contributed by atoms with Crippen LogP contribution in [0, 0.1) is 11.3 Å². The second kappa shape index (κ2) is 6.66. The molecule has 1 atom stereocenters. The molecule has 20 heavy (non-hydrogen) atoms. The number of benzene rings is 2. The van der Waals surface area contributed by atoms with Crippen molar-refractivity contribution in [3.8, 4) is 6.07 Å². The summed E-state index contributed by atoms with van der Waals surface area (Å²) < 4.78 is 21.7. The predicted octanol–water partition coefficient (Wildman–Crippen LogP) is 3.28. The fraction of sp³-hybridized carbons (Fsp3) is 0. The highest BCUT2D eigenvalue weighted by molar-refractivity contribution is 7.80. The van der Waals surface area contributed by atoms with Gasteiger partial charge in [-0.1, -0.05) is 36.4 Å². The monoisotopic (exact) mass is 284 g/mol. The van der Waals surface area contributed by atoms with Crippen molar-refractivity contribution in [3.63, 3.8) is 0 Å². The summed E-state index contributed by atoms with van der Waals surface area (Å²) in [4.78, 5) is 0. The highest BCUT2D eigenvalue weighted by atomic mass is 32.2. The molecule has 100 valence electrons. The van der Waals surface area contributed by atoms with Crippen LogP contribution in [0.5, 0.6) is 0 Å². The van der Waals surface area contributed by atoms with Crippen LogP contribution in [0.4, 0.5) is 5.69 Å². The van der Waals surface area contributed by atoms with Crippen LogP contribution in [0.2, 0.25) is 0 Å². The lowest BCUT2D eigenvalue weighted by Gasteiger charge is -2.01. The van der Waals surface area contributed by atoms with Gasteiger partial charge in [-0.25, -0.2) is 4.21 Å². The number of anilines is 1. The van der Waals surface area contributed by atoms with E-state index in [0.29, 0.717) is 11.3 Å². The number of nitriles is 1. The number of nitrogens with one attached hydrogen (secondary N) is 1. The van der Waals surface area contributed by atoms with Gasteiger partial charge in [-0.3, -0.25) is 9.27 Å². The van der Waals surface area contributed by atoms with Crippen molar-refractivity contribution in [2.75, 3.05) is 4.72 Å². The van der Waals surface area contributed by atoms with E-state index >= 15 is 0 Å². The second-order valence-corrected chi connectivity index (χ2v) is 4.74. The molecule has 2 rings (SSSR count). The first kappa shape index (κ1) is 14.0. The summed E-state index contributed by atoms with van der Waals surface area (Å²) in [6.45, 7) is 0. The first-order chi connectivity index (χ1) is 9.67. The Morgan fingerprint density at radius 2 is 1.50 bits per heavy atom. The topological polar surface area (TPSA) is 73.1 Å². The van der Waals surface area contributed by atoms with Crippen molar-refractivity contribution in [2.24, 2.45) is 0 Å². The Morgan fingerprint density at radius 3 is 1.95 bits per heavy atom. The molecule has 0 aliphatic rings. The normalized spacial score (nSPS) is 12.0. The number of hydrogen-bond acceptors (Lipinski definition) is 2. The minimum atomic E-state index is -2.05. The molecule has 2 aromatic rings. The molecule has 0 aliphatic heterocycles. The highest BCUT2D eigenvalue weighted by Gasteiger charge is 1.95. The number of hydrogen-bond donors (Lipinski definition) is 2. The van der Waals surface area contributed by atoms with Crippen LogP contribution in [-0.4, -0.2) is 8.76 Å². The summed E-state index contributed by atoms with van der Waals surface area (Å²) in [6, 6.07) is 16.5. The SMILES string of the molecule is N#Cc1ccc(C=Cc2ccc(NS(=O)O)cc2)cc1. The van der Waals surface area contributed by atoms with E-state index in [1.54, 1.807) is 24.3 Å². The molecule has 0 spiro atoms. The van der Waals surface area contributed by atoms with Gasteiger partial charge in [0, 0.05) is 5.69 Å². The van der Waals surface area contributed by atoms with E-state index in [2.05, 4.69) is 10.8 Å². The van der Waals surface area contributed by atoms with Gasteiger partial charge >= 0.3 is 0 Å². The number of rotatable bonds is 4. The lowest BCUT2D eigenvalue weighted by Crippen LogP contribution is -2.01. The van der Waals surface area contributed by atoms with Crippen molar-refractivity contribution in [1.82, 2.24) is 0 Å².